The van der Waals surface area contributed by atoms with E-state index in [-0.39, 0.29) is 10.8 Å². The summed E-state index contributed by atoms with van der Waals surface area (Å²) in [7, 11) is -3.49. The molecule has 2 N–H and O–H groups in total. The zero-order valence-electron chi connectivity index (χ0n) is 12.7. The molecule has 2 heterocycles. The lowest BCUT2D eigenvalue weighted by molar-refractivity contribution is -0.138. The van der Waals surface area contributed by atoms with Crippen molar-refractivity contribution in [3.63, 3.8) is 0 Å². The van der Waals surface area contributed by atoms with Crippen molar-refractivity contribution in [2.24, 2.45) is 5.92 Å². The van der Waals surface area contributed by atoms with Gasteiger partial charge in [-0.25, -0.2) is 18.2 Å². The number of aliphatic carboxylic acids is 1. The molecule has 22 heavy (non-hydrogen) atoms. The number of sulfonamides is 1. The minimum atomic E-state index is -3.49. The summed E-state index contributed by atoms with van der Waals surface area (Å²) in [5.74, 6) is -0.737. The van der Waals surface area contributed by atoms with Crippen molar-refractivity contribution in [1.82, 2.24) is 9.29 Å². The number of hydrogen-bond donors (Lipinski definition) is 2. The molecule has 0 aromatic carbocycles. The summed E-state index contributed by atoms with van der Waals surface area (Å²) in [5.41, 5.74) is 0. The van der Waals surface area contributed by atoms with Crippen LogP contribution in [0.4, 0.5) is 5.82 Å². The number of carbonyl (C=O) groups is 1. The van der Waals surface area contributed by atoms with Gasteiger partial charge >= 0.3 is 5.97 Å². The highest BCUT2D eigenvalue weighted by atomic mass is 32.2. The molecule has 1 aliphatic rings. The monoisotopic (exact) mass is 327 g/mol. The minimum absolute atomic E-state index is 0.118. The van der Waals surface area contributed by atoms with Gasteiger partial charge in [-0.15, -0.1) is 0 Å². The molecule has 0 radical (unpaired) electrons. The lowest BCUT2D eigenvalue weighted by Gasteiger charge is -2.19. The Morgan fingerprint density at radius 3 is 2.41 bits per heavy atom. The van der Waals surface area contributed by atoms with Crippen LogP contribution in [0.5, 0.6) is 0 Å². The maximum absolute atomic E-state index is 12.4. The molecule has 0 spiro atoms. The molecule has 8 heteroatoms. The van der Waals surface area contributed by atoms with Gasteiger partial charge in [0.2, 0.25) is 10.0 Å². The second-order valence-electron chi connectivity index (χ2n) is 5.69. The molecule has 122 valence electrons. The molecular weight excluding hydrogens is 306 g/mol. The summed E-state index contributed by atoms with van der Waals surface area (Å²) < 4.78 is 26.2. The number of rotatable bonds is 6. The van der Waals surface area contributed by atoms with Crippen molar-refractivity contribution in [2.75, 3.05) is 18.4 Å². The number of carboxylic acids is 1. The van der Waals surface area contributed by atoms with Crippen LogP contribution < -0.4 is 5.32 Å². The van der Waals surface area contributed by atoms with Crippen LogP contribution in [0.3, 0.4) is 0 Å². The van der Waals surface area contributed by atoms with E-state index in [1.54, 1.807) is 13.8 Å². The van der Waals surface area contributed by atoms with E-state index in [1.165, 1.54) is 22.6 Å². The largest absolute Gasteiger partial charge is 0.480 e. The molecule has 0 bridgehead atoms. The molecule has 1 saturated heterocycles. The normalized spacial score (nSPS) is 17.6. The summed E-state index contributed by atoms with van der Waals surface area (Å²) in [6, 6.07) is 2.19. The van der Waals surface area contributed by atoms with E-state index < -0.39 is 22.0 Å². The van der Waals surface area contributed by atoms with Crippen LogP contribution in [-0.4, -0.2) is 47.9 Å². The van der Waals surface area contributed by atoms with E-state index in [0.717, 1.165) is 12.8 Å². The fraction of sp³-hybridized carbons (Fsp3) is 0.571. The van der Waals surface area contributed by atoms with Gasteiger partial charge in [0.25, 0.3) is 0 Å². The van der Waals surface area contributed by atoms with Crippen LogP contribution in [0.25, 0.3) is 0 Å². The first-order chi connectivity index (χ1) is 10.3. The number of nitrogens with one attached hydrogen (secondary N) is 1. The Morgan fingerprint density at radius 1 is 1.32 bits per heavy atom. The van der Waals surface area contributed by atoms with Crippen molar-refractivity contribution in [3.05, 3.63) is 18.3 Å². The van der Waals surface area contributed by atoms with E-state index in [9.17, 15) is 13.2 Å². The molecule has 1 aliphatic heterocycles. The van der Waals surface area contributed by atoms with Crippen molar-refractivity contribution in [2.45, 2.75) is 37.6 Å². The van der Waals surface area contributed by atoms with Crippen LogP contribution in [0.1, 0.15) is 26.7 Å². The van der Waals surface area contributed by atoms with Gasteiger partial charge in [0.15, 0.2) is 0 Å². The molecule has 2 rings (SSSR count). The van der Waals surface area contributed by atoms with Gasteiger partial charge in [0.1, 0.15) is 16.8 Å². The van der Waals surface area contributed by atoms with E-state index in [1.807, 2.05) is 0 Å². The lowest BCUT2D eigenvalue weighted by atomic mass is 10.1. The molecule has 0 aliphatic carbocycles. The number of carboxylic acid groups (broad SMARTS) is 1. The average Bonchev–Trinajstić information content (AvgIpc) is 2.99. The molecule has 0 amide bonds. The third kappa shape index (κ3) is 3.56. The quantitative estimate of drug-likeness (QED) is 0.819. The Morgan fingerprint density at radius 2 is 1.95 bits per heavy atom. The lowest BCUT2D eigenvalue weighted by Crippen LogP contribution is -2.34. The van der Waals surface area contributed by atoms with Gasteiger partial charge in [-0.1, -0.05) is 13.8 Å². The van der Waals surface area contributed by atoms with E-state index in [2.05, 4.69) is 10.3 Å². The molecular formula is C14H21N3O4S. The number of pyridine rings is 1. The van der Waals surface area contributed by atoms with Gasteiger partial charge < -0.3 is 10.4 Å². The van der Waals surface area contributed by atoms with Crippen LogP contribution in [0.15, 0.2) is 23.2 Å². The van der Waals surface area contributed by atoms with Crippen LogP contribution >= 0.6 is 0 Å². The Labute approximate surface area is 130 Å². The molecule has 1 atom stereocenters. The maximum atomic E-state index is 12.4. The summed E-state index contributed by atoms with van der Waals surface area (Å²) in [6.45, 7) is 4.66. The third-order valence-corrected chi connectivity index (χ3v) is 5.56. The predicted molar refractivity (Wildman–Crippen MR) is 82.1 cm³/mol. The second kappa shape index (κ2) is 6.62. The van der Waals surface area contributed by atoms with Gasteiger partial charge in [0.05, 0.1) is 0 Å². The summed E-state index contributed by atoms with van der Waals surface area (Å²) in [4.78, 5) is 15.3. The molecule has 1 aromatic heterocycles. The Balaban J connectivity index is 2.15. The van der Waals surface area contributed by atoms with Crippen molar-refractivity contribution >= 4 is 21.8 Å². The standard InChI is InChI=1S/C14H21N3O4S/c1-10(2)13(14(18)19)16-12-6-5-11(9-15-12)22(20,21)17-7-3-4-8-17/h5-6,9-10,13H,3-4,7-8H2,1-2H3,(H,15,16)(H,18,19)/t13-/m0/s1. The molecule has 1 fully saturated rings. The van der Waals surface area contributed by atoms with Crippen molar-refractivity contribution < 1.29 is 18.3 Å². The van der Waals surface area contributed by atoms with Gasteiger partial charge in [-0.05, 0) is 30.9 Å². The van der Waals surface area contributed by atoms with Gasteiger partial charge in [-0.3, -0.25) is 0 Å². The first-order valence-electron chi connectivity index (χ1n) is 7.28. The number of anilines is 1. The Hall–Kier alpha value is -1.67. The first-order valence-corrected chi connectivity index (χ1v) is 8.72. The minimum Gasteiger partial charge on any atom is -0.480 e. The fourth-order valence-electron chi connectivity index (χ4n) is 2.37. The van der Waals surface area contributed by atoms with Crippen LogP contribution in [-0.2, 0) is 14.8 Å². The van der Waals surface area contributed by atoms with Gasteiger partial charge in [0, 0.05) is 19.3 Å². The van der Waals surface area contributed by atoms with Crippen molar-refractivity contribution in [3.8, 4) is 0 Å². The molecule has 7 nitrogen and oxygen atoms in total. The predicted octanol–water partition coefficient (Wildman–Crippen LogP) is 1.39. The summed E-state index contributed by atoms with van der Waals surface area (Å²) in [6.07, 6.45) is 3.02. The fourth-order valence-corrected chi connectivity index (χ4v) is 3.83. The SMILES string of the molecule is CC(C)[C@H](Nc1ccc(S(=O)(=O)N2CCCC2)cn1)C(=O)O. The zero-order valence-corrected chi connectivity index (χ0v) is 13.5. The zero-order chi connectivity index (χ0) is 16.3. The second-order valence-corrected chi connectivity index (χ2v) is 7.63. The summed E-state index contributed by atoms with van der Waals surface area (Å²) in [5, 5.41) is 11.9. The topological polar surface area (TPSA) is 99.6 Å². The van der Waals surface area contributed by atoms with Gasteiger partial charge in [-0.2, -0.15) is 4.31 Å². The number of nitrogens with zero attached hydrogens (tertiary/aromatic N) is 2. The Bertz CT molecular complexity index is 622. The number of aromatic nitrogens is 1. The van der Waals surface area contributed by atoms with Crippen molar-refractivity contribution in [1.29, 1.82) is 0 Å². The van der Waals surface area contributed by atoms with E-state index in [0.29, 0.717) is 18.9 Å². The summed E-state index contributed by atoms with van der Waals surface area (Å²) >= 11 is 0. The highest BCUT2D eigenvalue weighted by Crippen LogP contribution is 2.21. The third-order valence-electron chi connectivity index (χ3n) is 3.68. The first kappa shape index (κ1) is 16.7. The maximum Gasteiger partial charge on any atom is 0.326 e. The molecule has 0 unspecified atom stereocenters. The van der Waals surface area contributed by atoms with E-state index in [4.69, 9.17) is 5.11 Å². The van der Waals surface area contributed by atoms with E-state index >= 15 is 0 Å². The molecule has 1 aromatic rings. The highest BCUT2D eigenvalue weighted by Gasteiger charge is 2.27. The number of hydrogen-bond acceptors (Lipinski definition) is 5. The smallest absolute Gasteiger partial charge is 0.326 e. The highest BCUT2D eigenvalue weighted by molar-refractivity contribution is 7.89. The Kier molecular flexibility index (Phi) is 5.02. The average molecular weight is 327 g/mol. The van der Waals surface area contributed by atoms with Crippen LogP contribution in [0.2, 0.25) is 0 Å². The van der Waals surface area contributed by atoms with Crippen LogP contribution in [0, 0.1) is 5.92 Å². The molecule has 0 saturated carbocycles.